The Kier molecular flexibility index (Phi) is 3.02. The van der Waals surface area contributed by atoms with Gasteiger partial charge >= 0.3 is 0 Å². The van der Waals surface area contributed by atoms with Gasteiger partial charge in [0.2, 0.25) is 5.91 Å². The van der Waals surface area contributed by atoms with Crippen molar-refractivity contribution >= 4 is 11.7 Å². The van der Waals surface area contributed by atoms with Crippen molar-refractivity contribution in [3.63, 3.8) is 0 Å². The summed E-state index contributed by atoms with van der Waals surface area (Å²) in [5, 5.41) is 9.30. The standard InChI is InChI=1S/C8H14N4O/c1-5(2)6-3-7(12-11-6)10-8(13)4-9/h3,5H,4,9H2,1-2H3,(H2,10,11,12,13). The van der Waals surface area contributed by atoms with Gasteiger partial charge in [0.25, 0.3) is 0 Å². The molecule has 0 aliphatic rings. The molecule has 1 aromatic heterocycles. The van der Waals surface area contributed by atoms with Gasteiger partial charge in [-0.05, 0) is 5.92 Å². The fraction of sp³-hybridized carbons (Fsp3) is 0.500. The fourth-order valence-corrected chi connectivity index (χ4v) is 0.890. The van der Waals surface area contributed by atoms with Gasteiger partial charge in [-0.1, -0.05) is 13.8 Å². The van der Waals surface area contributed by atoms with Crippen LogP contribution in [0.5, 0.6) is 0 Å². The van der Waals surface area contributed by atoms with Crippen LogP contribution in [-0.2, 0) is 4.79 Å². The summed E-state index contributed by atoms with van der Waals surface area (Å²) in [5.41, 5.74) is 6.13. The number of carbonyl (C=O) groups excluding carboxylic acids is 1. The fourth-order valence-electron chi connectivity index (χ4n) is 0.890. The first-order chi connectivity index (χ1) is 6.13. The predicted molar refractivity (Wildman–Crippen MR) is 50.4 cm³/mol. The lowest BCUT2D eigenvalue weighted by atomic mass is 10.1. The van der Waals surface area contributed by atoms with Crippen LogP contribution in [0.1, 0.15) is 25.5 Å². The average Bonchev–Trinajstić information content (AvgIpc) is 2.52. The van der Waals surface area contributed by atoms with Gasteiger partial charge in [-0.3, -0.25) is 9.89 Å². The summed E-state index contributed by atoms with van der Waals surface area (Å²) < 4.78 is 0. The molecule has 5 nitrogen and oxygen atoms in total. The van der Waals surface area contributed by atoms with Crippen LogP contribution in [0.2, 0.25) is 0 Å². The van der Waals surface area contributed by atoms with Gasteiger partial charge in [0, 0.05) is 11.8 Å². The highest BCUT2D eigenvalue weighted by molar-refractivity contribution is 5.91. The van der Waals surface area contributed by atoms with Crippen LogP contribution in [0.3, 0.4) is 0 Å². The molecule has 0 fully saturated rings. The van der Waals surface area contributed by atoms with E-state index in [-0.39, 0.29) is 12.5 Å². The van der Waals surface area contributed by atoms with Crippen molar-refractivity contribution in [2.45, 2.75) is 19.8 Å². The van der Waals surface area contributed by atoms with Gasteiger partial charge in [-0.2, -0.15) is 5.10 Å². The molecular weight excluding hydrogens is 168 g/mol. The lowest BCUT2D eigenvalue weighted by Crippen LogP contribution is -2.21. The summed E-state index contributed by atoms with van der Waals surface area (Å²) in [6, 6.07) is 1.80. The highest BCUT2D eigenvalue weighted by Gasteiger charge is 2.06. The summed E-state index contributed by atoms with van der Waals surface area (Å²) in [6.45, 7) is 4.06. The van der Waals surface area contributed by atoms with Crippen molar-refractivity contribution in [1.82, 2.24) is 10.2 Å². The zero-order valence-electron chi connectivity index (χ0n) is 7.79. The van der Waals surface area contributed by atoms with Gasteiger partial charge < -0.3 is 11.1 Å². The van der Waals surface area contributed by atoms with Crippen LogP contribution in [-0.4, -0.2) is 22.6 Å². The molecule has 0 atom stereocenters. The van der Waals surface area contributed by atoms with Crippen molar-refractivity contribution in [2.75, 3.05) is 11.9 Å². The molecule has 5 heteroatoms. The number of aromatic nitrogens is 2. The number of hydrogen-bond donors (Lipinski definition) is 3. The topological polar surface area (TPSA) is 83.8 Å². The van der Waals surface area contributed by atoms with Crippen molar-refractivity contribution < 1.29 is 4.79 Å². The van der Waals surface area contributed by atoms with Gasteiger partial charge in [0.05, 0.1) is 6.54 Å². The third-order valence-corrected chi connectivity index (χ3v) is 1.67. The second kappa shape index (κ2) is 4.04. The van der Waals surface area contributed by atoms with Crippen LogP contribution in [0, 0.1) is 0 Å². The Balaban J connectivity index is 2.64. The molecule has 0 aromatic carbocycles. The number of anilines is 1. The quantitative estimate of drug-likeness (QED) is 0.633. The number of aromatic amines is 1. The Morgan fingerprint density at radius 3 is 2.92 bits per heavy atom. The Labute approximate surface area is 76.7 Å². The van der Waals surface area contributed by atoms with E-state index in [1.165, 1.54) is 0 Å². The molecule has 1 rings (SSSR count). The summed E-state index contributed by atoms with van der Waals surface area (Å²) >= 11 is 0. The van der Waals surface area contributed by atoms with Crippen molar-refractivity contribution in [3.8, 4) is 0 Å². The molecule has 1 heterocycles. The third kappa shape index (κ3) is 2.55. The molecule has 0 unspecified atom stereocenters. The summed E-state index contributed by atoms with van der Waals surface area (Å²) in [6.07, 6.45) is 0. The Hall–Kier alpha value is -1.36. The van der Waals surface area contributed by atoms with Crippen LogP contribution < -0.4 is 11.1 Å². The normalized spacial score (nSPS) is 10.5. The molecule has 0 aliphatic carbocycles. The number of nitrogens with zero attached hydrogens (tertiary/aromatic N) is 1. The number of hydrogen-bond acceptors (Lipinski definition) is 3. The van der Waals surface area contributed by atoms with Crippen LogP contribution in [0.15, 0.2) is 6.07 Å². The molecule has 0 bridgehead atoms. The Morgan fingerprint density at radius 2 is 2.46 bits per heavy atom. The molecule has 0 saturated heterocycles. The molecule has 1 aromatic rings. The van der Waals surface area contributed by atoms with Gasteiger partial charge in [0.1, 0.15) is 0 Å². The highest BCUT2D eigenvalue weighted by Crippen LogP contribution is 2.14. The minimum Gasteiger partial charge on any atom is -0.322 e. The number of H-pyrrole nitrogens is 1. The summed E-state index contributed by atoms with van der Waals surface area (Å²) in [4.78, 5) is 10.9. The van der Waals surface area contributed by atoms with Crippen molar-refractivity contribution in [2.24, 2.45) is 5.73 Å². The number of rotatable bonds is 3. The molecule has 0 saturated carbocycles. The lowest BCUT2D eigenvalue weighted by molar-refractivity contribution is -0.114. The first-order valence-electron chi connectivity index (χ1n) is 4.18. The first-order valence-corrected chi connectivity index (χ1v) is 4.18. The van der Waals surface area contributed by atoms with E-state index in [2.05, 4.69) is 15.5 Å². The third-order valence-electron chi connectivity index (χ3n) is 1.67. The SMILES string of the molecule is CC(C)c1cc(NC(=O)CN)n[nH]1. The van der Waals surface area contributed by atoms with Gasteiger partial charge in [-0.15, -0.1) is 0 Å². The number of carbonyl (C=O) groups is 1. The minimum absolute atomic E-state index is 0.0239. The number of amides is 1. The smallest absolute Gasteiger partial charge is 0.239 e. The zero-order chi connectivity index (χ0) is 9.84. The van der Waals surface area contributed by atoms with E-state index in [0.29, 0.717) is 11.7 Å². The molecule has 0 aliphatic heterocycles. The Morgan fingerprint density at radius 1 is 1.77 bits per heavy atom. The predicted octanol–water partition coefficient (Wildman–Crippen LogP) is 0.430. The Bertz CT molecular complexity index is 292. The van der Waals surface area contributed by atoms with E-state index >= 15 is 0 Å². The van der Waals surface area contributed by atoms with E-state index in [1.807, 2.05) is 13.8 Å². The van der Waals surface area contributed by atoms with E-state index in [1.54, 1.807) is 6.07 Å². The van der Waals surface area contributed by atoms with Gasteiger partial charge in [-0.25, -0.2) is 0 Å². The lowest BCUT2D eigenvalue weighted by Gasteiger charge is -1.97. The molecule has 0 radical (unpaired) electrons. The molecule has 72 valence electrons. The molecule has 0 spiro atoms. The monoisotopic (exact) mass is 182 g/mol. The van der Waals surface area contributed by atoms with E-state index in [4.69, 9.17) is 5.73 Å². The maximum atomic E-state index is 10.9. The average molecular weight is 182 g/mol. The van der Waals surface area contributed by atoms with Crippen LogP contribution in [0.25, 0.3) is 0 Å². The zero-order valence-corrected chi connectivity index (χ0v) is 7.79. The molecule has 1 amide bonds. The van der Waals surface area contributed by atoms with E-state index in [0.717, 1.165) is 5.69 Å². The second-order valence-electron chi connectivity index (χ2n) is 3.12. The largest absolute Gasteiger partial charge is 0.322 e. The highest BCUT2D eigenvalue weighted by atomic mass is 16.1. The molecular formula is C8H14N4O. The van der Waals surface area contributed by atoms with Crippen molar-refractivity contribution in [3.05, 3.63) is 11.8 Å². The van der Waals surface area contributed by atoms with Crippen molar-refractivity contribution in [1.29, 1.82) is 0 Å². The summed E-state index contributed by atoms with van der Waals surface area (Å²) in [5.74, 6) is 0.664. The van der Waals surface area contributed by atoms with Crippen LogP contribution >= 0.6 is 0 Å². The molecule has 4 N–H and O–H groups in total. The maximum absolute atomic E-state index is 10.9. The van der Waals surface area contributed by atoms with Gasteiger partial charge in [0.15, 0.2) is 5.82 Å². The first kappa shape index (κ1) is 9.73. The maximum Gasteiger partial charge on any atom is 0.239 e. The second-order valence-corrected chi connectivity index (χ2v) is 3.12. The van der Waals surface area contributed by atoms with E-state index in [9.17, 15) is 4.79 Å². The number of nitrogens with one attached hydrogen (secondary N) is 2. The van der Waals surface area contributed by atoms with Crippen LogP contribution in [0.4, 0.5) is 5.82 Å². The minimum atomic E-state index is -0.234. The molecule has 13 heavy (non-hydrogen) atoms. The number of nitrogens with two attached hydrogens (primary N) is 1. The summed E-state index contributed by atoms with van der Waals surface area (Å²) in [7, 11) is 0. The van der Waals surface area contributed by atoms with E-state index < -0.39 is 0 Å².